The lowest BCUT2D eigenvalue weighted by Crippen LogP contribution is -2.33. The number of ether oxygens (including phenoxy) is 4. The molecule has 0 aromatic rings. The molecule has 0 saturated heterocycles. The van der Waals surface area contributed by atoms with Crippen LogP contribution in [0, 0.1) is 0 Å². The van der Waals surface area contributed by atoms with E-state index in [-0.39, 0.29) is 12.2 Å². The summed E-state index contributed by atoms with van der Waals surface area (Å²) in [5.41, 5.74) is 0. The summed E-state index contributed by atoms with van der Waals surface area (Å²) in [4.78, 5) is 0. The molecule has 2 unspecified atom stereocenters. The van der Waals surface area contributed by atoms with E-state index in [1.807, 2.05) is 6.92 Å². The Morgan fingerprint density at radius 1 is 0.842 bits per heavy atom. The molecule has 0 bridgehead atoms. The highest BCUT2D eigenvalue weighted by Gasteiger charge is 2.23. The van der Waals surface area contributed by atoms with Crippen LogP contribution >= 0.6 is 0 Å². The molecular weight excluding hydrogens is 248 g/mol. The van der Waals surface area contributed by atoms with Crippen LogP contribution in [0.4, 0.5) is 0 Å². The zero-order valence-corrected chi connectivity index (χ0v) is 12.0. The average molecular weight is 276 g/mol. The normalized spacial score (nSPS) is 23.7. The first-order valence-electron chi connectivity index (χ1n) is 7.37. The Bertz CT molecular complexity index is 200. The fourth-order valence-electron chi connectivity index (χ4n) is 2.11. The SMILES string of the molecule is CCOCCOCCOCCOC1CCCCC1O. The van der Waals surface area contributed by atoms with Crippen molar-refractivity contribution in [3.05, 3.63) is 0 Å². The molecule has 0 aliphatic heterocycles. The van der Waals surface area contributed by atoms with Crippen molar-refractivity contribution in [1.82, 2.24) is 0 Å². The summed E-state index contributed by atoms with van der Waals surface area (Å²) in [6.45, 7) is 6.19. The fraction of sp³-hybridized carbons (Fsp3) is 1.00. The predicted octanol–water partition coefficient (Wildman–Crippen LogP) is 1.38. The summed E-state index contributed by atoms with van der Waals surface area (Å²) in [6, 6.07) is 0. The quantitative estimate of drug-likeness (QED) is 0.578. The highest BCUT2D eigenvalue weighted by atomic mass is 16.6. The zero-order valence-electron chi connectivity index (χ0n) is 12.0. The summed E-state index contributed by atoms with van der Waals surface area (Å²) in [5, 5.41) is 9.71. The molecule has 2 atom stereocenters. The summed E-state index contributed by atoms with van der Waals surface area (Å²) in [6.07, 6.45) is 3.78. The molecule has 1 aliphatic carbocycles. The lowest BCUT2D eigenvalue weighted by atomic mass is 9.95. The van der Waals surface area contributed by atoms with E-state index in [1.165, 1.54) is 0 Å². The van der Waals surface area contributed by atoms with Gasteiger partial charge in [-0.05, 0) is 19.8 Å². The standard InChI is InChI=1S/C14H28O5/c1-2-16-7-8-17-9-10-18-11-12-19-14-6-4-3-5-13(14)15/h13-15H,2-12H2,1H3. The topological polar surface area (TPSA) is 57.2 Å². The van der Waals surface area contributed by atoms with Gasteiger partial charge in [-0.2, -0.15) is 0 Å². The minimum absolute atomic E-state index is 0.000192. The number of aliphatic hydroxyl groups excluding tert-OH is 1. The van der Waals surface area contributed by atoms with Crippen molar-refractivity contribution in [1.29, 1.82) is 0 Å². The summed E-state index contributed by atoms with van der Waals surface area (Å²) >= 11 is 0. The van der Waals surface area contributed by atoms with Gasteiger partial charge in [0.2, 0.25) is 0 Å². The third kappa shape index (κ3) is 8.55. The van der Waals surface area contributed by atoms with Gasteiger partial charge in [-0.3, -0.25) is 0 Å². The van der Waals surface area contributed by atoms with Gasteiger partial charge in [0.05, 0.1) is 51.8 Å². The maximum absolute atomic E-state index is 9.71. The Hall–Kier alpha value is -0.200. The zero-order chi connectivity index (χ0) is 13.8. The van der Waals surface area contributed by atoms with Crippen molar-refractivity contribution in [2.24, 2.45) is 0 Å². The Kier molecular flexibility index (Phi) is 10.3. The lowest BCUT2D eigenvalue weighted by molar-refractivity contribution is -0.0768. The van der Waals surface area contributed by atoms with Crippen LogP contribution in [-0.4, -0.2) is 63.6 Å². The number of aliphatic hydroxyl groups is 1. The van der Waals surface area contributed by atoms with Crippen LogP contribution in [0.25, 0.3) is 0 Å². The molecule has 5 nitrogen and oxygen atoms in total. The van der Waals surface area contributed by atoms with E-state index in [2.05, 4.69) is 0 Å². The van der Waals surface area contributed by atoms with Crippen LogP contribution in [0.3, 0.4) is 0 Å². The van der Waals surface area contributed by atoms with Crippen LogP contribution in [0.15, 0.2) is 0 Å². The first kappa shape index (κ1) is 16.9. The van der Waals surface area contributed by atoms with E-state index in [1.54, 1.807) is 0 Å². The van der Waals surface area contributed by atoms with Gasteiger partial charge in [0.25, 0.3) is 0 Å². The molecule has 1 rings (SSSR count). The van der Waals surface area contributed by atoms with Gasteiger partial charge in [-0.15, -0.1) is 0 Å². The maximum atomic E-state index is 9.71. The number of hydrogen-bond donors (Lipinski definition) is 1. The second-order valence-electron chi connectivity index (χ2n) is 4.68. The monoisotopic (exact) mass is 276 g/mol. The largest absolute Gasteiger partial charge is 0.390 e. The Morgan fingerprint density at radius 3 is 2.05 bits per heavy atom. The highest BCUT2D eigenvalue weighted by Crippen LogP contribution is 2.20. The van der Waals surface area contributed by atoms with Crippen molar-refractivity contribution >= 4 is 0 Å². The lowest BCUT2D eigenvalue weighted by Gasteiger charge is -2.27. The van der Waals surface area contributed by atoms with Crippen molar-refractivity contribution in [3.8, 4) is 0 Å². The van der Waals surface area contributed by atoms with E-state index >= 15 is 0 Å². The minimum Gasteiger partial charge on any atom is -0.390 e. The van der Waals surface area contributed by atoms with Crippen molar-refractivity contribution in [2.45, 2.75) is 44.8 Å². The van der Waals surface area contributed by atoms with Gasteiger partial charge in [0.1, 0.15) is 0 Å². The molecule has 0 spiro atoms. The van der Waals surface area contributed by atoms with E-state index in [0.717, 1.165) is 32.3 Å². The molecule has 19 heavy (non-hydrogen) atoms. The molecule has 0 heterocycles. The third-order valence-electron chi connectivity index (χ3n) is 3.18. The molecule has 1 N–H and O–H groups in total. The molecule has 0 radical (unpaired) electrons. The molecule has 0 aromatic heterocycles. The summed E-state index contributed by atoms with van der Waals surface area (Å²) in [5.74, 6) is 0. The smallest absolute Gasteiger partial charge is 0.0835 e. The van der Waals surface area contributed by atoms with E-state index in [0.29, 0.717) is 39.6 Å². The van der Waals surface area contributed by atoms with Crippen LogP contribution in [0.5, 0.6) is 0 Å². The molecule has 1 aliphatic rings. The van der Waals surface area contributed by atoms with Gasteiger partial charge >= 0.3 is 0 Å². The summed E-state index contributed by atoms with van der Waals surface area (Å²) in [7, 11) is 0. The summed E-state index contributed by atoms with van der Waals surface area (Å²) < 4.78 is 21.5. The Morgan fingerprint density at radius 2 is 1.42 bits per heavy atom. The van der Waals surface area contributed by atoms with Crippen LogP contribution in [0.2, 0.25) is 0 Å². The predicted molar refractivity (Wildman–Crippen MR) is 72.3 cm³/mol. The third-order valence-corrected chi connectivity index (χ3v) is 3.18. The molecule has 5 heteroatoms. The highest BCUT2D eigenvalue weighted by molar-refractivity contribution is 4.74. The second kappa shape index (κ2) is 11.6. The van der Waals surface area contributed by atoms with Crippen LogP contribution in [0.1, 0.15) is 32.6 Å². The number of hydrogen-bond acceptors (Lipinski definition) is 5. The minimum atomic E-state index is -0.296. The van der Waals surface area contributed by atoms with Gasteiger partial charge in [-0.25, -0.2) is 0 Å². The average Bonchev–Trinajstić information content (AvgIpc) is 2.43. The molecule has 1 fully saturated rings. The molecule has 0 amide bonds. The van der Waals surface area contributed by atoms with Gasteiger partial charge in [-0.1, -0.05) is 12.8 Å². The van der Waals surface area contributed by atoms with Crippen molar-refractivity contribution in [2.75, 3.05) is 46.2 Å². The Labute approximate surface area is 116 Å². The van der Waals surface area contributed by atoms with Crippen molar-refractivity contribution in [3.63, 3.8) is 0 Å². The Balaban J connectivity index is 1.80. The molecular formula is C14H28O5. The maximum Gasteiger partial charge on any atom is 0.0835 e. The number of rotatable bonds is 11. The van der Waals surface area contributed by atoms with Gasteiger partial charge in [0, 0.05) is 6.61 Å². The molecule has 114 valence electrons. The van der Waals surface area contributed by atoms with Gasteiger partial charge in [0.15, 0.2) is 0 Å². The van der Waals surface area contributed by atoms with E-state index in [9.17, 15) is 5.11 Å². The van der Waals surface area contributed by atoms with Gasteiger partial charge < -0.3 is 24.1 Å². The molecule has 0 aromatic carbocycles. The van der Waals surface area contributed by atoms with Crippen LogP contribution in [-0.2, 0) is 18.9 Å². The first-order chi connectivity index (χ1) is 9.34. The fourth-order valence-corrected chi connectivity index (χ4v) is 2.11. The van der Waals surface area contributed by atoms with Crippen LogP contribution < -0.4 is 0 Å². The van der Waals surface area contributed by atoms with E-state index < -0.39 is 0 Å². The first-order valence-corrected chi connectivity index (χ1v) is 7.37. The molecule has 1 saturated carbocycles. The van der Waals surface area contributed by atoms with E-state index in [4.69, 9.17) is 18.9 Å². The van der Waals surface area contributed by atoms with Crippen molar-refractivity contribution < 1.29 is 24.1 Å². The second-order valence-corrected chi connectivity index (χ2v) is 4.68.